The molecule has 6 heteroatoms. The molecule has 0 saturated carbocycles. The molecule has 0 atom stereocenters. The van der Waals surface area contributed by atoms with Gasteiger partial charge in [0.05, 0.1) is 5.56 Å². The normalized spacial score (nSPS) is 10.5. The van der Waals surface area contributed by atoms with Gasteiger partial charge in [-0.15, -0.1) is 0 Å². The third-order valence-corrected chi connectivity index (χ3v) is 2.91. The number of hydrogen-bond acceptors (Lipinski definition) is 4. The van der Waals surface area contributed by atoms with Gasteiger partial charge >= 0.3 is 0 Å². The van der Waals surface area contributed by atoms with Crippen molar-refractivity contribution in [3.63, 3.8) is 0 Å². The molecular formula is C15H17F2N3O. The predicted molar refractivity (Wildman–Crippen MR) is 76.6 cm³/mol. The summed E-state index contributed by atoms with van der Waals surface area (Å²) in [5.41, 5.74) is 0.802. The van der Waals surface area contributed by atoms with Gasteiger partial charge in [0.25, 0.3) is 0 Å². The lowest BCUT2D eigenvalue weighted by Crippen LogP contribution is -2.07. The maximum Gasteiger partial charge on any atom is 0.227 e. The number of aromatic nitrogens is 2. The van der Waals surface area contributed by atoms with Gasteiger partial charge in [0.15, 0.2) is 11.6 Å². The summed E-state index contributed by atoms with van der Waals surface area (Å²) < 4.78 is 31.7. The highest BCUT2D eigenvalue weighted by atomic mass is 19.2. The molecule has 0 aliphatic carbocycles. The molecule has 0 unspecified atom stereocenters. The van der Waals surface area contributed by atoms with Gasteiger partial charge in [0.2, 0.25) is 5.88 Å². The van der Waals surface area contributed by atoms with Crippen LogP contribution in [0.15, 0.2) is 24.5 Å². The minimum Gasteiger partial charge on any atom is -0.438 e. The third kappa shape index (κ3) is 3.65. The number of anilines is 1. The number of halogens is 2. The highest BCUT2D eigenvalue weighted by Gasteiger charge is 2.12. The molecule has 1 aromatic heterocycles. The van der Waals surface area contributed by atoms with Crippen LogP contribution in [0.3, 0.4) is 0 Å². The molecule has 0 fully saturated rings. The molecule has 0 bridgehead atoms. The van der Waals surface area contributed by atoms with Gasteiger partial charge in [0, 0.05) is 12.6 Å². The maximum absolute atomic E-state index is 13.2. The van der Waals surface area contributed by atoms with Crippen LogP contribution in [0.25, 0.3) is 0 Å². The molecular weight excluding hydrogens is 276 g/mol. The molecule has 0 radical (unpaired) electrons. The van der Waals surface area contributed by atoms with E-state index in [1.165, 1.54) is 12.4 Å². The average Bonchev–Trinajstić information content (AvgIpc) is 2.49. The van der Waals surface area contributed by atoms with Gasteiger partial charge in [-0.25, -0.2) is 18.7 Å². The topological polar surface area (TPSA) is 47.0 Å². The number of benzene rings is 1. The van der Waals surface area contributed by atoms with E-state index < -0.39 is 11.6 Å². The lowest BCUT2D eigenvalue weighted by atomic mass is 10.2. The fourth-order valence-corrected chi connectivity index (χ4v) is 1.85. The molecule has 1 aromatic carbocycles. The van der Waals surface area contributed by atoms with Crippen LogP contribution in [0, 0.1) is 11.6 Å². The molecule has 112 valence electrons. The largest absolute Gasteiger partial charge is 0.438 e. The van der Waals surface area contributed by atoms with Crippen LogP contribution in [0.4, 0.5) is 14.6 Å². The van der Waals surface area contributed by atoms with Crippen molar-refractivity contribution < 1.29 is 13.5 Å². The Morgan fingerprint density at radius 3 is 2.62 bits per heavy atom. The summed E-state index contributed by atoms with van der Waals surface area (Å²) in [6.45, 7) is 4.79. The quantitative estimate of drug-likeness (QED) is 0.876. The zero-order valence-corrected chi connectivity index (χ0v) is 12.0. The summed E-state index contributed by atoms with van der Waals surface area (Å²) in [6.07, 6.45) is 3.00. The summed E-state index contributed by atoms with van der Waals surface area (Å²) in [5, 5.41) is 3.20. The number of hydrogen-bond donors (Lipinski definition) is 1. The second-order valence-electron chi connectivity index (χ2n) is 4.46. The van der Waals surface area contributed by atoms with E-state index in [4.69, 9.17) is 4.74 Å². The van der Waals surface area contributed by atoms with Crippen molar-refractivity contribution in [2.45, 2.75) is 26.7 Å². The van der Waals surface area contributed by atoms with E-state index >= 15 is 0 Å². The highest BCUT2D eigenvalue weighted by molar-refractivity contribution is 5.49. The van der Waals surface area contributed by atoms with E-state index in [0.717, 1.165) is 30.7 Å². The van der Waals surface area contributed by atoms with Crippen molar-refractivity contribution >= 4 is 5.82 Å². The Balaban J connectivity index is 2.28. The lowest BCUT2D eigenvalue weighted by molar-refractivity contribution is 0.442. The van der Waals surface area contributed by atoms with Crippen LogP contribution in [0.1, 0.15) is 25.8 Å². The maximum atomic E-state index is 13.2. The molecule has 2 rings (SSSR count). The first-order valence-electron chi connectivity index (χ1n) is 6.86. The molecule has 1 heterocycles. The van der Waals surface area contributed by atoms with Gasteiger partial charge in [0.1, 0.15) is 17.9 Å². The van der Waals surface area contributed by atoms with Gasteiger partial charge in [-0.2, -0.15) is 0 Å². The average molecular weight is 293 g/mol. The SMILES string of the molecule is CCCNc1ncnc(Oc2ccc(F)c(F)c2)c1CC. The van der Waals surface area contributed by atoms with Crippen LogP contribution >= 0.6 is 0 Å². The molecule has 0 amide bonds. The Kier molecular flexibility index (Phi) is 5.03. The Bertz CT molecular complexity index is 620. The zero-order valence-electron chi connectivity index (χ0n) is 12.0. The molecule has 4 nitrogen and oxygen atoms in total. The first-order valence-corrected chi connectivity index (χ1v) is 6.86. The van der Waals surface area contributed by atoms with Crippen LogP contribution in [-0.4, -0.2) is 16.5 Å². The smallest absolute Gasteiger partial charge is 0.227 e. The minimum absolute atomic E-state index is 0.198. The molecule has 0 saturated heterocycles. The number of nitrogens with one attached hydrogen (secondary N) is 1. The highest BCUT2D eigenvalue weighted by Crippen LogP contribution is 2.28. The monoisotopic (exact) mass is 293 g/mol. The van der Waals surface area contributed by atoms with Gasteiger partial charge in [-0.3, -0.25) is 0 Å². The zero-order chi connectivity index (χ0) is 15.2. The third-order valence-electron chi connectivity index (χ3n) is 2.91. The summed E-state index contributed by atoms with van der Waals surface area (Å²) in [5.74, 6) is -0.622. The molecule has 0 spiro atoms. The molecule has 0 aliphatic rings. The standard InChI is InChI=1S/C15H17F2N3O/c1-3-7-18-14-11(4-2)15(20-9-19-14)21-10-5-6-12(16)13(17)8-10/h5-6,8-9H,3-4,7H2,1-2H3,(H,18,19,20). The van der Waals surface area contributed by atoms with Crippen molar-refractivity contribution in [1.82, 2.24) is 9.97 Å². The summed E-state index contributed by atoms with van der Waals surface area (Å²) in [4.78, 5) is 8.26. The van der Waals surface area contributed by atoms with Crippen LogP contribution < -0.4 is 10.1 Å². The Labute approximate surface area is 122 Å². The van der Waals surface area contributed by atoms with Crippen molar-refractivity contribution in [2.24, 2.45) is 0 Å². The molecule has 0 aliphatic heterocycles. The molecule has 21 heavy (non-hydrogen) atoms. The number of rotatable bonds is 6. The fraction of sp³-hybridized carbons (Fsp3) is 0.333. The number of nitrogens with zero attached hydrogens (tertiary/aromatic N) is 2. The van der Waals surface area contributed by atoms with E-state index in [1.807, 2.05) is 6.92 Å². The summed E-state index contributed by atoms with van der Waals surface area (Å²) in [7, 11) is 0. The second kappa shape index (κ2) is 6.97. The Hall–Kier alpha value is -2.24. The first kappa shape index (κ1) is 15.2. The van der Waals surface area contributed by atoms with Crippen LogP contribution in [-0.2, 0) is 6.42 Å². The Morgan fingerprint density at radius 2 is 1.95 bits per heavy atom. The van der Waals surface area contributed by atoms with E-state index in [0.29, 0.717) is 18.1 Å². The Morgan fingerprint density at radius 1 is 1.14 bits per heavy atom. The van der Waals surface area contributed by atoms with E-state index in [-0.39, 0.29) is 5.75 Å². The minimum atomic E-state index is -0.955. The summed E-state index contributed by atoms with van der Waals surface area (Å²) >= 11 is 0. The lowest BCUT2D eigenvalue weighted by Gasteiger charge is -2.13. The van der Waals surface area contributed by atoms with Gasteiger partial charge in [-0.05, 0) is 25.0 Å². The van der Waals surface area contributed by atoms with Crippen molar-refractivity contribution in [2.75, 3.05) is 11.9 Å². The molecule has 2 aromatic rings. The predicted octanol–water partition coefficient (Wildman–Crippen LogP) is 3.93. The van der Waals surface area contributed by atoms with Crippen molar-refractivity contribution in [3.05, 3.63) is 41.7 Å². The van der Waals surface area contributed by atoms with E-state index in [1.54, 1.807) is 0 Å². The summed E-state index contributed by atoms with van der Waals surface area (Å²) in [6, 6.07) is 3.38. The van der Waals surface area contributed by atoms with Gasteiger partial charge in [-0.1, -0.05) is 13.8 Å². The number of ether oxygens (including phenoxy) is 1. The van der Waals surface area contributed by atoms with Gasteiger partial charge < -0.3 is 10.1 Å². The fourth-order valence-electron chi connectivity index (χ4n) is 1.85. The van der Waals surface area contributed by atoms with Crippen molar-refractivity contribution in [1.29, 1.82) is 0 Å². The first-order chi connectivity index (χ1) is 10.2. The van der Waals surface area contributed by atoms with Crippen LogP contribution in [0.5, 0.6) is 11.6 Å². The van der Waals surface area contributed by atoms with E-state index in [2.05, 4.69) is 22.2 Å². The molecule has 1 N–H and O–H groups in total. The van der Waals surface area contributed by atoms with Crippen molar-refractivity contribution in [3.8, 4) is 11.6 Å². The van der Waals surface area contributed by atoms with Crippen LogP contribution in [0.2, 0.25) is 0 Å². The second-order valence-corrected chi connectivity index (χ2v) is 4.46. The van der Waals surface area contributed by atoms with E-state index in [9.17, 15) is 8.78 Å².